The van der Waals surface area contributed by atoms with Gasteiger partial charge in [0, 0.05) is 6.54 Å². The Kier molecular flexibility index (Phi) is 3.93. The maximum absolute atomic E-state index is 12.1. The molecule has 1 amide bonds. The average Bonchev–Trinajstić information content (AvgIpc) is 2.65. The quantitative estimate of drug-likeness (QED) is 0.917. The number of aliphatic hydroxyl groups is 1. The van der Waals surface area contributed by atoms with Crippen LogP contribution < -0.4 is 0 Å². The number of aliphatic hydroxyl groups excluding tert-OH is 1. The number of rotatable bonds is 4. The van der Waals surface area contributed by atoms with Gasteiger partial charge in [0.2, 0.25) is 0 Å². The second-order valence-electron chi connectivity index (χ2n) is 5.13. The molecule has 0 radical (unpaired) electrons. The minimum atomic E-state index is -0.472. The van der Waals surface area contributed by atoms with Crippen LogP contribution in [0.1, 0.15) is 37.4 Å². The zero-order valence-corrected chi connectivity index (χ0v) is 12.0. The van der Waals surface area contributed by atoms with Gasteiger partial charge < -0.3 is 10.0 Å². The lowest BCUT2D eigenvalue weighted by Gasteiger charge is -2.26. The van der Waals surface area contributed by atoms with Crippen LogP contribution in [0.4, 0.5) is 0 Å². The summed E-state index contributed by atoms with van der Waals surface area (Å²) in [4.78, 5) is 25.5. The molecule has 1 aliphatic rings. The molecule has 1 unspecified atom stereocenters. The summed E-state index contributed by atoms with van der Waals surface area (Å²) in [5.41, 5.74) is 2.16. The van der Waals surface area contributed by atoms with E-state index in [1.165, 1.54) is 6.92 Å². The van der Waals surface area contributed by atoms with Crippen LogP contribution in [-0.4, -0.2) is 28.2 Å². The molecule has 2 rings (SSSR count). The number of ketones is 1. The van der Waals surface area contributed by atoms with Crippen LogP contribution in [0.3, 0.4) is 0 Å². The third kappa shape index (κ3) is 2.33. The molecule has 1 N–H and O–H groups in total. The lowest BCUT2D eigenvalue weighted by Crippen LogP contribution is -2.31. The van der Waals surface area contributed by atoms with Gasteiger partial charge in [-0.2, -0.15) is 0 Å². The molecular weight excluding hydrogens is 254 g/mol. The van der Waals surface area contributed by atoms with Crippen molar-refractivity contribution in [2.24, 2.45) is 0 Å². The minimum Gasteiger partial charge on any atom is -0.503 e. The van der Waals surface area contributed by atoms with Gasteiger partial charge in [-0.05, 0) is 25.8 Å². The van der Waals surface area contributed by atoms with Gasteiger partial charge in [0.1, 0.15) is 0 Å². The van der Waals surface area contributed by atoms with Gasteiger partial charge in [0.15, 0.2) is 11.5 Å². The van der Waals surface area contributed by atoms with E-state index in [0.717, 1.165) is 17.5 Å². The minimum absolute atomic E-state index is 0.201. The highest BCUT2D eigenvalue weighted by molar-refractivity contribution is 6.08. The van der Waals surface area contributed by atoms with E-state index in [0.29, 0.717) is 6.54 Å². The molecule has 0 fully saturated rings. The van der Waals surface area contributed by atoms with Crippen LogP contribution in [0.5, 0.6) is 0 Å². The molecule has 4 heteroatoms. The zero-order valence-electron chi connectivity index (χ0n) is 12.0. The van der Waals surface area contributed by atoms with Gasteiger partial charge in [-0.1, -0.05) is 36.8 Å². The second kappa shape index (κ2) is 5.49. The number of carbonyl (C=O) groups excluding carboxylic acids is 2. The van der Waals surface area contributed by atoms with Crippen molar-refractivity contribution in [2.75, 3.05) is 6.54 Å². The van der Waals surface area contributed by atoms with Gasteiger partial charge in [0.05, 0.1) is 11.6 Å². The van der Waals surface area contributed by atoms with E-state index in [4.69, 9.17) is 0 Å². The summed E-state index contributed by atoms with van der Waals surface area (Å²) in [5.74, 6) is -1.13. The van der Waals surface area contributed by atoms with Gasteiger partial charge in [-0.3, -0.25) is 9.59 Å². The van der Waals surface area contributed by atoms with E-state index in [1.807, 2.05) is 38.1 Å². The number of amides is 1. The van der Waals surface area contributed by atoms with E-state index in [1.54, 1.807) is 4.90 Å². The summed E-state index contributed by atoms with van der Waals surface area (Å²) in [7, 11) is 0. The Balaban J connectivity index is 2.51. The van der Waals surface area contributed by atoms with Crippen LogP contribution >= 0.6 is 0 Å². The van der Waals surface area contributed by atoms with E-state index in [-0.39, 0.29) is 11.4 Å². The van der Waals surface area contributed by atoms with Gasteiger partial charge in [-0.25, -0.2) is 0 Å². The predicted octanol–water partition coefficient (Wildman–Crippen LogP) is 2.69. The van der Waals surface area contributed by atoms with Crippen molar-refractivity contribution in [3.05, 3.63) is 46.7 Å². The maximum Gasteiger partial charge on any atom is 0.290 e. The number of hydrogen-bond acceptors (Lipinski definition) is 3. The van der Waals surface area contributed by atoms with Crippen molar-refractivity contribution in [1.82, 2.24) is 4.90 Å². The number of aryl methyl sites for hydroxylation is 1. The number of benzene rings is 1. The standard InChI is InChI=1S/C16H19NO3/c1-4-9-17-14(12-7-5-10(2)6-8-12)13(11(3)18)15(19)16(17)20/h5-8,14,19H,4,9H2,1-3H3. The molecule has 1 heterocycles. The highest BCUT2D eigenvalue weighted by atomic mass is 16.3. The Bertz CT molecular complexity index is 572. The molecule has 1 atom stereocenters. The first kappa shape index (κ1) is 14.3. The summed E-state index contributed by atoms with van der Waals surface area (Å²) in [6, 6.07) is 7.21. The Morgan fingerprint density at radius 3 is 2.40 bits per heavy atom. The summed E-state index contributed by atoms with van der Waals surface area (Å²) in [6.45, 7) is 5.84. The van der Waals surface area contributed by atoms with E-state index >= 15 is 0 Å². The fourth-order valence-corrected chi connectivity index (χ4v) is 2.58. The predicted molar refractivity (Wildman–Crippen MR) is 76.3 cm³/mol. The van der Waals surface area contributed by atoms with E-state index in [2.05, 4.69) is 0 Å². The molecule has 0 aromatic heterocycles. The average molecular weight is 273 g/mol. The Morgan fingerprint density at radius 2 is 1.90 bits per heavy atom. The zero-order chi connectivity index (χ0) is 14.9. The SMILES string of the molecule is CCCN1C(=O)C(O)=C(C(C)=O)C1c1ccc(C)cc1. The third-order valence-corrected chi connectivity index (χ3v) is 3.54. The Labute approximate surface area is 118 Å². The Hall–Kier alpha value is -2.10. The molecule has 0 bridgehead atoms. The molecule has 106 valence electrons. The molecular formula is C16H19NO3. The highest BCUT2D eigenvalue weighted by Gasteiger charge is 2.41. The van der Waals surface area contributed by atoms with Crippen LogP contribution in [-0.2, 0) is 9.59 Å². The topological polar surface area (TPSA) is 57.6 Å². The first-order chi connectivity index (χ1) is 9.47. The van der Waals surface area contributed by atoms with Crippen molar-refractivity contribution in [2.45, 2.75) is 33.2 Å². The lowest BCUT2D eigenvalue weighted by molar-refractivity contribution is -0.129. The van der Waals surface area contributed by atoms with Crippen LogP contribution in [0, 0.1) is 6.92 Å². The monoisotopic (exact) mass is 273 g/mol. The normalized spacial score (nSPS) is 18.9. The first-order valence-corrected chi connectivity index (χ1v) is 6.79. The third-order valence-electron chi connectivity index (χ3n) is 3.54. The van der Waals surface area contributed by atoms with Gasteiger partial charge in [0.25, 0.3) is 5.91 Å². The van der Waals surface area contributed by atoms with Crippen molar-refractivity contribution >= 4 is 11.7 Å². The molecule has 1 aromatic rings. The van der Waals surface area contributed by atoms with Crippen LogP contribution in [0.15, 0.2) is 35.6 Å². The molecule has 0 saturated heterocycles. The maximum atomic E-state index is 12.1. The van der Waals surface area contributed by atoms with Gasteiger partial charge in [-0.15, -0.1) is 0 Å². The van der Waals surface area contributed by atoms with Gasteiger partial charge >= 0.3 is 0 Å². The molecule has 1 aliphatic heterocycles. The number of Topliss-reactive ketones (excluding diaryl/α,β-unsaturated/α-hetero) is 1. The first-order valence-electron chi connectivity index (χ1n) is 6.79. The fourth-order valence-electron chi connectivity index (χ4n) is 2.58. The number of hydrogen-bond donors (Lipinski definition) is 1. The molecule has 1 aromatic carbocycles. The summed E-state index contributed by atoms with van der Waals surface area (Å²) in [6.07, 6.45) is 0.770. The van der Waals surface area contributed by atoms with Crippen LogP contribution in [0.25, 0.3) is 0 Å². The fraction of sp³-hybridized carbons (Fsp3) is 0.375. The number of carbonyl (C=O) groups is 2. The largest absolute Gasteiger partial charge is 0.503 e. The van der Waals surface area contributed by atoms with E-state index in [9.17, 15) is 14.7 Å². The Morgan fingerprint density at radius 1 is 1.30 bits per heavy atom. The molecule has 0 saturated carbocycles. The van der Waals surface area contributed by atoms with Crippen molar-refractivity contribution in [3.8, 4) is 0 Å². The summed E-state index contributed by atoms with van der Waals surface area (Å²) in [5, 5.41) is 9.98. The van der Waals surface area contributed by atoms with Crippen LogP contribution in [0.2, 0.25) is 0 Å². The van der Waals surface area contributed by atoms with Crippen molar-refractivity contribution in [3.63, 3.8) is 0 Å². The summed E-state index contributed by atoms with van der Waals surface area (Å²) < 4.78 is 0. The second-order valence-corrected chi connectivity index (χ2v) is 5.13. The van der Waals surface area contributed by atoms with Crippen molar-refractivity contribution < 1.29 is 14.7 Å². The van der Waals surface area contributed by atoms with Crippen molar-refractivity contribution in [1.29, 1.82) is 0 Å². The molecule has 20 heavy (non-hydrogen) atoms. The molecule has 0 spiro atoms. The summed E-state index contributed by atoms with van der Waals surface area (Å²) >= 11 is 0. The highest BCUT2D eigenvalue weighted by Crippen LogP contribution is 2.37. The lowest BCUT2D eigenvalue weighted by atomic mass is 9.96. The smallest absolute Gasteiger partial charge is 0.290 e. The molecule has 0 aliphatic carbocycles. The molecule has 4 nitrogen and oxygen atoms in total. The van der Waals surface area contributed by atoms with E-state index < -0.39 is 17.7 Å². The number of nitrogens with zero attached hydrogens (tertiary/aromatic N) is 1.